The predicted molar refractivity (Wildman–Crippen MR) is 82.0 cm³/mol. The quantitative estimate of drug-likeness (QED) is 0.901. The molecule has 1 aliphatic rings. The molecular weight excluding hydrogens is 264 g/mol. The molecule has 1 saturated heterocycles. The van der Waals surface area contributed by atoms with Crippen LogP contribution in [0, 0.1) is 5.92 Å². The van der Waals surface area contributed by atoms with E-state index in [9.17, 15) is 4.79 Å². The normalized spacial score (nSPS) is 15.8. The van der Waals surface area contributed by atoms with Gasteiger partial charge in [0.25, 0.3) is 0 Å². The summed E-state index contributed by atoms with van der Waals surface area (Å²) in [6.07, 6.45) is 5.41. The molecule has 0 aliphatic carbocycles. The first-order valence-corrected chi connectivity index (χ1v) is 7.39. The van der Waals surface area contributed by atoms with Crippen molar-refractivity contribution in [2.24, 2.45) is 5.92 Å². The number of piperidine rings is 1. The van der Waals surface area contributed by atoms with Crippen LogP contribution < -0.4 is 10.6 Å². The van der Waals surface area contributed by atoms with Gasteiger partial charge in [-0.2, -0.15) is 0 Å². The number of anilines is 1. The highest BCUT2D eigenvalue weighted by atomic mass is 16.2. The summed E-state index contributed by atoms with van der Waals surface area (Å²) in [6.45, 7) is 2.54. The van der Waals surface area contributed by atoms with Crippen LogP contribution >= 0.6 is 0 Å². The van der Waals surface area contributed by atoms with Crippen LogP contribution in [0.3, 0.4) is 0 Å². The van der Waals surface area contributed by atoms with Crippen LogP contribution in [0.2, 0.25) is 0 Å². The second-order valence-corrected chi connectivity index (χ2v) is 5.38. The molecule has 0 spiro atoms. The van der Waals surface area contributed by atoms with Crippen LogP contribution in [0.4, 0.5) is 5.95 Å². The maximum Gasteiger partial charge on any atom is 0.229 e. The Bertz CT molecular complexity index is 587. The van der Waals surface area contributed by atoms with Crippen molar-refractivity contribution in [3.63, 3.8) is 0 Å². The molecule has 2 aromatic rings. The lowest BCUT2D eigenvalue weighted by Crippen LogP contribution is -2.35. The zero-order valence-electron chi connectivity index (χ0n) is 12.0. The van der Waals surface area contributed by atoms with Crippen LogP contribution in [0.5, 0.6) is 0 Å². The fraction of sp³-hybridized carbons (Fsp3) is 0.375. The third-order valence-corrected chi connectivity index (χ3v) is 3.86. The SMILES string of the molecule is O=C(Nc1nccn1Cc1ccccc1)C1CCNCC1. The number of hydrogen-bond acceptors (Lipinski definition) is 3. The minimum absolute atomic E-state index is 0.0806. The molecule has 21 heavy (non-hydrogen) atoms. The van der Waals surface area contributed by atoms with Crippen LogP contribution in [0.1, 0.15) is 18.4 Å². The Labute approximate surface area is 124 Å². The fourth-order valence-electron chi connectivity index (χ4n) is 2.64. The fourth-order valence-corrected chi connectivity index (χ4v) is 2.64. The minimum atomic E-state index is 0.0806. The average molecular weight is 284 g/mol. The van der Waals surface area contributed by atoms with Crippen molar-refractivity contribution >= 4 is 11.9 Å². The van der Waals surface area contributed by atoms with Gasteiger partial charge in [0, 0.05) is 18.3 Å². The summed E-state index contributed by atoms with van der Waals surface area (Å²) in [4.78, 5) is 16.5. The van der Waals surface area contributed by atoms with E-state index >= 15 is 0 Å². The van der Waals surface area contributed by atoms with Gasteiger partial charge in [0.2, 0.25) is 11.9 Å². The van der Waals surface area contributed by atoms with Gasteiger partial charge >= 0.3 is 0 Å². The van der Waals surface area contributed by atoms with Gasteiger partial charge in [-0.25, -0.2) is 4.98 Å². The van der Waals surface area contributed by atoms with Crippen molar-refractivity contribution in [1.82, 2.24) is 14.9 Å². The number of rotatable bonds is 4. The lowest BCUT2D eigenvalue weighted by atomic mass is 9.97. The van der Waals surface area contributed by atoms with E-state index in [0.717, 1.165) is 25.9 Å². The first kappa shape index (κ1) is 13.8. The summed E-state index contributed by atoms with van der Waals surface area (Å²) < 4.78 is 1.97. The van der Waals surface area contributed by atoms with Crippen LogP contribution in [0.15, 0.2) is 42.7 Å². The number of nitrogens with one attached hydrogen (secondary N) is 2. The van der Waals surface area contributed by atoms with Crippen LogP contribution in [-0.2, 0) is 11.3 Å². The number of aromatic nitrogens is 2. The number of carbonyl (C=O) groups is 1. The first-order chi connectivity index (χ1) is 10.3. The highest BCUT2D eigenvalue weighted by molar-refractivity contribution is 5.91. The van der Waals surface area contributed by atoms with Crippen molar-refractivity contribution in [2.45, 2.75) is 19.4 Å². The second kappa shape index (κ2) is 6.54. The number of benzene rings is 1. The van der Waals surface area contributed by atoms with Crippen LogP contribution in [-0.4, -0.2) is 28.5 Å². The van der Waals surface area contributed by atoms with E-state index in [1.165, 1.54) is 5.56 Å². The molecule has 110 valence electrons. The summed E-state index contributed by atoms with van der Waals surface area (Å²) in [6, 6.07) is 10.2. The third kappa shape index (κ3) is 3.49. The summed E-state index contributed by atoms with van der Waals surface area (Å²) in [5, 5.41) is 6.24. The molecule has 5 nitrogen and oxygen atoms in total. The smallest absolute Gasteiger partial charge is 0.229 e. The van der Waals surface area contributed by atoms with E-state index in [2.05, 4.69) is 27.8 Å². The van der Waals surface area contributed by atoms with Gasteiger partial charge in [0.15, 0.2) is 0 Å². The molecule has 0 saturated carbocycles. The molecule has 2 N–H and O–H groups in total. The van der Waals surface area contributed by atoms with Gasteiger partial charge < -0.3 is 9.88 Å². The van der Waals surface area contributed by atoms with E-state index in [1.54, 1.807) is 6.20 Å². The average Bonchev–Trinajstić information content (AvgIpc) is 2.96. The Hall–Kier alpha value is -2.14. The van der Waals surface area contributed by atoms with Crippen molar-refractivity contribution in [3.05, 3.63) is 48.3 Å². The van der Waals surface area contributed by atoms with Crippen molar-refractivity contribution in [1.29, 1.82) is 0 Å². The van der Waals surface area contributed by atoms with Crippen molar-refractivity contribution in [2.75, 3.05) is 18.4 Å². The first-order valence-electron chi connectivity index (χ1n) is 7.39. The Balaban J connectivity index is 1.66. The maximum atomic E-state index is 12.3. The molecule has 1 aromatic carbocycles. The Morgan fingerprint density at radius 2 is 2.05 bits per heavy atom. The topological polar surface area (TPSA) is 59.0 Å². The lowest BCUT2D eigenvalue weighted by molar-refractivity contribution is -0.120. The molecule has 5 heteroatoms. The van der Waals surface area contributed by atoms with E-state index in [0.29, 0.717) is 12.5 Å². The lowest BCUT2D eigenvalue weighted by Gasteiger charge is -2.21. The number of nitrogens with zero attached hydrogens (tertiary/aromatic N) is 2. The summed E-state index contributed by atoms with van der Waals surface area (Å²) in [5.74, 6) is 0.799. The van der Waals surface area contributed by atoms with Gasteiger partial charge in [-0.05, 0) is 31.5 Å². The third-order valence-electron chi connectivity index (χ3n) is 3.86. The van der Waals surface area contributed by atoms with Crippen molar-refractivity contribution < 1.29 is 4.79 Å². The zero-order chi connectivity index (χ0) is 14.5. The van der Waals surface area contributed by atoms with Gasteiger partial charge in [-0.3, -0.25) is 10.1 Å². The number of hydrogen-bond donors (Lipinski definition) is 2. The molecule has 0 bridgehead atoms. The summed E-state index contributed by atoms with van der Waals surface area (Å²) in [7, 11) is 0. The number of amides is 1. The molecule has 3 rings (SSSR count). The largest absolute Gasteiger partial charge is 0.317 e. The Morgan fingerprint density at radius 1 is 1.29 bits per heavy atom. The highest BCUT2D eigenvalue weighted by Gasteiger charge is 2.22. The minimum Gasteiger partial charge on any atom is -0.317 e. The van der Waals surface area contributed by atoms with Gasteiger partial charge in [0.1, 0.15) is 0 Å². The van der Waals surface area contributed by atoms with E-state index in [4.69, 9.17) is 0 Å². The zero-order valence-corrected chi connectivity index (χ0v) is 12.0. The summed E-state index contributed by atoms with van der Waals surface area (Å²) >= 11 is 0. The number of imidazole rings is 1. The summed E-state index contributed by atoms with van der Waals surface area (Å²) in [5.41, 5.74) is 1.19. The standard InChI is InChI=1S/C16H20N4O/c21-15(14-6-8-17-9-7-14)19-16-18-10-11-20(16)12-13-4-2-1-3-5-13/h1-5,10-11,14,17H,6-9,12H2,(H,18,19,21). The number of carbonyl (C=O) groups excluding carboxylic acids is 1. The molecule has 0 unspecified atom stereocenters. The Kier molecular flexibility index (Phi) is 4.31. The van der Waals surface area contributed by atoms with Gasteiger partial charge in [0.05, 0.1) is 6.54 Å². The Morgan fingerprint density at radius 3 is 2.81 bits per heavy atom. The molecule has 0 radical (unpaired) electrons. The molecule has 1 amide bonds. The van der Waals surface area contributed by atoms with E-state index in [1.807, 2.05) is 29.0 Å². The molecular formula is C16H20N4O. The van der Waals surface area contributed by atoms with Gasteiger partial charge in [-0.15, -0.1) is 0 Å². The van der Waals surface area contributed by atoms with Gasteiger partial charge in [-0.1, -0.05) is 30.3 Å². The molecule has 1 aromatic heterocycles. The molecule has 1 aliphatic heterocycles. The maximum absolute atomic E-state index is 12.3. The monoisotopic (exact) mass is 284 g/mol. The van der Waals surface area contributed by atoms with Crippen LogP contribution in [0.25, 0.3) is 0 Å². The molecule has 0 atom stereocenters. The second-order valence-electron chi connectivity index (χ2n) is 5.38. The van der Waals surface area contributed by atoms with Crippen molar-refractivity contribution in [3.8, 4) is 0 Å². The predicted octanol–water partition coefficient (Wildman–Crippen LogP) is 1.87. The molecule has 1 fully saturated rings. The van der Waals surface area contributed by atoms with E-state index in [-0.39, 0.29) is 11.8 Å². The highest BCUT2D eigenvalue weighted by Crippen LogP contribution is 2.15. The van der Waals surface area contributed by atoms with E-state index < -0.39 is 0 Å². The molecule has 2 heterocycles.